The lowest BCUT2D eigenvalue weighted by Crippen LogP contribution is -2.00. The summed E-state index contributed by atoms with van der Waals surface area (Å²) in [5, 5.41) is 9.54. The zero-order chi connectivity index (χ0) is 18.7. The number of benzene rings is 2. The Morgan fingerprint density at radius 2 is 1.77 bits per heavy atom. The van der Waals surface area contributed by atoms with E-state index in [4.69, 9.17) is 5.73 Å². The van der Waals surface area contributed by atoms with Crippen molar-refractivity contribution in [2.45, 2.75) is 27.2 Å². The Labute approximate surface area is 155 Å². The van der Waals surface area contributed by atoms with Crippen molar-refractivity contribution < 1.29 is 0 Å². The zero-order valence-corrected chi connectivity index (χ0v) is 15.5. The summed E-state index contributed by atoms with van der Waals surface area (Å²) in [5.74, 6) is 0.894. The van der Waals surface area contributed by atoms with Crippen molar-refractivity contribution in [3.05, 3.63) is 71.3 Å². The van der Waals surface area contributed by atoms with E-state index in [1.165, 1.54) is 5.56 Å². The van der Waals surface area contributed by atoms with Crippen LogP contribution in [0.25, 0.3) is 22.4 Å². The molecule has 0 atom stereocenters. The molecule has 130 valence electrons. The van der Waals surface area contributed by atoms with Gasteiger partial charge in [0, 0.05) is 11.1 Å². The molecule has 0 aliphatic carbocycles. The first-order valence-electron chi connectivity index (χ1n) is 8.85. The maximum Gasteiger partial charge on any atom is 0.142 e. The first-order chi connectivity index (χ1) is 12.5. The van der Waals surface area contributed by atoms with Crippen molar-refractivity contribution >= 4 is 5.82 Å². The molecule has 2 N–H and O–H groups in total. The Morgan fingerprint density at radius 3 is 2.38 bits per heavy atom. The van der Waals surface area contributed by atoms with Gasteiger partial charge in [0.1, 0.15) is 17.5 Å². The molecule has 0 radical (unpaired) electrons. The summed E-state index contributed by atoms with van der Waals surface area (Å²) in [4.78, 5) is 4.47. The van der Waals surface area contributed by atoms with E-state index >= 15 is 0 Å². The molecule has 0 aliphatic heterocycles. The van der Waals surface area contributed by atoms with Crippen LogP contribution in [0.3, 0.4) is 0 Å². The van der Waals surface area contributed by atoms with Crippen molar-refractivity contribution in [3.63, 3.8) is 0 Å². The number of nitriles is 1. The number of nitrogens with zero attached hydrogens (tertiary/aromatic N) is 2. The van der Waals surface area contributed by atoms with Gasteiger partial charge in [-0.05, 0) is 36.5 Å². The molecule has 3 aromatic rings. The van der Waals surface area contributed by atoms with Gasteiger partial charge >= 0.3 is 0 Å². The summed E-state index contributed by atoms with van der Waals surface area (Å²) in [7, 11) is 0. The van der Waals surface area contributed by atoms with E-state index in [-0.39, 0.29) is 5.82 Å². The molecule has 0 amide bonds. The third-order valence-electron chi connectivity index (χ3n) is 4.38. The number of nitrogen functional groups attached to an aromatic ring is 1. The second-order valence-electron chi connectivity index (χ2n) is 7.09. The number of nitrogens with two attached hydrogens (primary N) is 1. The fraction of sp³-hybridized carbons (Fsp3) is 0.217. The quantitative estimate of drug-likeness (QED) is 0.693. The SMILES string of the molecule is Cc1cccc(-c2cc(-c3ccc(CC(C)C)cc3)nc(N)c2C#N)c1. The molecule has 3 nitrogen and oxygen atoms in total. The molecule has 0 unspecified atom stereocenters. The van der Waals surface area contributed by atoms with Gasteiger partial charge in [-0.15, -0.1) is 0 Å². The Bertz CT molecular complexity index is 964. The second-order valence-corrected chi connectivity index (χ2v) is 7.09. The first kappa shape index (κ1) is 17.7. The van der Waals surface area contributed by atoms with Crippen molar-refractivity contribution in [3.8, 4) is 28.5 Å². The molecule has 0 fully saturated rings. The first-order valence-corrected chi connectivity index (χ1v) is 8.85. The van der Waals surface area contributed by atoms with Crippen LogP contribution in [0.2, 0.25) is 0 Å². The van der Waals surface area contributed by atoms with Gasteiger partial charge < -0.3 is 5.73 Å². The predicted molar refractivity (Wildman–Crippen MR) is 108 cm³/mol. The minimum atomic E-state index is 0.271. The molecule has 0 bridgehead atoms. The summed E-state index contributed by atoms with van der Waals surface area (Å²) < 4.78 is 0. The number of aromatic nitrogens is 1. The standard InChI is InChI=1S/C23H23N3/c1-15(2)11-17-7-9-18(10-8-17)22-13-20(21(14-24)23(25)26-22)19-6-4-5-16(3)12-19/h4-10,12-13,15H,11H2,1-3H3,(H2,25,26). The minimum Gasteiger partial charge on any atom is -0.383 e. The van der Waals surface area contributed by atoms with Crippen LogP contribution in [0.4, 0.5) is 5.82 Å². The van der Waals surface area contributed by atoms with Crippen LogP contribution >= 0.6 is 0 Å². The Hall–Kier alpha value is -3.12. The molecular weight excluding hydrogens is 318 g/mol. The number of hydrogen-bond donors (Lipinski definition) is 1. The average Bonchev–Trinajstić information content (AvgIpc) is 2.61. The monoisotopic (exact) mass is 341 g/mol. The van der Waals surface area contributed by atoms with Crippen LogP contribution in [-0.2, 0) is 6.42 Å². The summed E-state index contributed by atoms with van der Waals surface area (Å²) in [6.07, 6.45) is 1.05. The zero-order valence-electron chi connectivity index (χ0n) is 15.5. The number of rotatable bonds is 4. The van der Waals surface area contributed by atoms with Gasteiger partial charge in [0.15, 0.2) is 0 Å². The van der Waals surface area contributed by atoms with E-state index in [0.29, 0.717) is 11.5 Å². The highest BCUT2D eigenvalue weighted by Gasteiger charge is 2.13. The van der Waals surface area contributed by atoms with E-state index in [1.54, 1.807) is 0 Å². The summed E-state index contributed by atoms with van der Waals surface area (Å²) in [6, 6.07) is 20.7. The van der Waals surface area contributed by atoms with Crippen LogP contribution in [0.15, 0.2) is 54.6 Å². The third kappa shape index (κ3) is 3.75. The van der Waals surface area contributed by atoms with Crippen LogP contribution in [0.1, 0.15) is 30.5 Å². The Kier molecular flexibility index (Phi) is 5.04. The second kappa shape index (κ2) is 7.41. The van der Waals surface area contributed by atoms with Crippen molar-refractivity contribution in [1.82, 2.24) is 4.98 Å². The topological polar surface area (TPSA) is 62.7 Å². The molecule has 3 rings (SSSR count). The number of anilines is 1. The molecule has 1 aromatic heterocycles. The Balaban J connectivity index is 2.08. The summed E-state index contributed by atoms with van der Waals surface area (Å²) in [5.41, 5.74) is 12.6. The number of aryl methyl sites for hydroxylation is 1. The van der Waals surface area contributed by atoms with Gasteiger partial charge in [0.25, 0.3) is 0 Å². The lowest BCUT2D eigenvalue weighted by Gasteiger charge is -2.11. The van der Waals surface area contributed by atoms with E-state index in [9.17, 15) is 5.26 Å². The minimum absolute atomic E-state index is 0.271. The van der Waals surface area contributed by atoms with Crippen LogP contribution in [0, 0.1) is 24.2 Å². The normalized spacial score (nSPS) is 10.7. The Morgan fingerprint density at radius 1 is 1.04 bits per heavy atom. The van der Waals surface area contributed by atoms with Gasteiger partial charge in [-0.25, -0.2) is 4.98 Å². The van der Waals surface area contributed by atoms with E-state index < -0.39 is 0 Å². The molecule has 0 saturated carbocycles. The van der Waals surface area contributed by atoms with E-state index in [2.05, 4.69) is 55.2 Å². The fourth-order valence-corrected chi connectivity index (χ4v) is 3.15. The van der Waals surface area contributed by atoms with Gasteiger partial charge in [-0.2, -0.15) is 5.26 Å². The number of hydrogen-bond acceptors (Lipinski definition) is 3. The summed E-state index contributed by atoms with van der Waals surface area (Å²) >= 11 is 0. The fourth-order valence-electron chi connectivity index (χ4n) is 3.15. The molecule has 0 aliphatic rings. The molecule has 26 heavy (non-hydrogen) atoms. The maximum absolute atomic E-state index is 9.54. The van der Waals surface area contributed by atoms with Gasteiger partial charge in [-0.3, -0.25) is 0 Å². The molecule has 3 heteroatoms. The molecular formula is C23H23N3. The van der Waals surface area contributed by atoms with E-state index in [0.717, 1.165) is 34.4 Å². The highest BCUT2D eigenvalue weighted by molar-refractivity contribution is 5.80. The van der Waals surface area contributed by atoms with Gasteiger partial charge in [0.05, 0.1) is 5.69 Å². The lowest BCUT2D eigenvalue weighted by molar-refractivity contribution is 0.647. The number of pyridine rings is 1. The maximum atomic E-state index is 9.54. The average molecular weight is 341 g/mol. The molecule has 0 saturated heterocycles. The molecule has 1 heterocycles. The highest BCUT2D eigenvalue weighted by atomic mass is 14.8. The largest absolute Gasteiger partial charge is 0.383 e. The third-order valence-corrected chi connectivity index (χ3v) is 4.38. The highest BCUT2D eigenvalue weighted by Crippen LogP contribution is 2.31. The van der Waals surface area contributed by atoms with Crippen LogP contribution in [0.5, 0.6) is 0 Å². The van der Waals surface area contributed by atoms with Crippen molar-refractivity contribution in [2.75, 3.05) is 5.73 Å². The van der Waals surface area contributed by atoms with Crippen molar-refractivity contribution in [2.24, 2.45) is 5.92 Å². The van der Waals surface area contributed by atoms with Crippen molar-refractivity contribution in [1.29, 1.82) is 5.26 Å². The van der Waals surface area contributed by atoms with Crippen LogP contribution < -0.4 is 5.73 Å². The predicted octanol–water partition coefficient (Wildman–Crippen LogP) is 5.38. The van der Waals surface area contributed by atoms with Crippen LogP contribution in [-0.4, -0.2) is 4.98 Å². The summed E-state index contributed by atoms with van der Waals surface area (Å²) in [6.45, 7) is 6.46. The smallest absolute Gasteiger partial charge is 0.142 e. The molecule has 2 aromatic carbocycles. The van der Waals surface area contributed by atoms with Gasteiger partial charge in [0.2, 0.25) is 0 Å². The lowest BCUT2D eigenvalue weighted by atomic mass is 9.96. The van der Waals surface area contributed by atoms with E-state index in [1.807, 2.05) is 31.2 Å². The van der Waals surface area contributed by atoms with Gasteiger partial charge in [-0.1, -0.05) is 67.9 Å². The molecule has 0 spiro atoms.